The summed E-state index contributed by atoms with van der Waals surface area (Å²) in [5, 5.41) is 29.4. The molecule has 4 atom stereocenters. The lowest BCUT2D eigenvalue weighted by molar-refractivity contribution is -0.164. The number of hydrogen-bond donors (Lipinski definition) is 4. The van der Waals surface area contributed by atoms with Crippen LogP contribution in [0.25, 0.3) is 0 Å². The first-order valence-corrected chi connectivity index (χ1v) is 7.54. The lowest BCUT2D eigenvalue weighted by Crippen LogP contribution is -2.65. The Morgan fingerprint density at radius 3 is 2.39 bits per heavy atom. The molecule has 1 aromatic heterocycles. The molecule has 1 saturated heterocycles. The molecule has 2 rings (SSSR count). The highest BCUT2D eigenvalue weighted by molar-refractivity contribution is 8.01. The van der Waals surface area contributed by atoms with Gasteiger partial charge in [-0.2, -0.15) is 0 Å². The summed E-state index contributed by atoms with van der Waals surface area (Å²) >= 11 is 0.603. The predicted molar refractivity (Wildman–Crippen MR) is 80.1 cm³/mol. The van der Waals surface area contributed by atoms with Crippen LogP contribution in [-0.2, 0) is 14.5 Å². The Kier molecular flexibility index (Phi) is 4.37. The van der Waals surface area contributed by atoms with Crippen LogP contribution in [0.1, 0.15) is 13.8 Å². The van der Waals surface area contributed by atoms with Gasteiger partial charge in [0.25, 0.3) is 5.56 Å². The molecule has 1 fully saturated rings. The molecule has 0 bridgehead atoms. The fraction of sp³-hybridized carbons (Fsp3) is 0.538. The number of aromatic nitrogens is 2. The number of hydrogen-bond acceptors (Lipinski definition) is 8. The van der Waals surface area contributed by atoms with E-state index in [0.717, 1.165) is 26.1 Å². The molecule has 0 spiro atoms. The first-order valence-electron chi connectivity index (χ1n) is 6.66. The standard InChI is InChI=1S/C13H16N2O7S/c1-6(17)12(22)10(20)8(5-16)23-13(12,7(2)18)15-4-3-9(19)14-11(15)21/h3-4,8,10,16,20,22H,5H2,1-2H3,(H,14,19,21)/t8-,10+,12+,13-/m0/s1. The van der Waals surface area contributed by atoms with Crippen molar-refractivity contribution >= 4 is 23.3 Å². The normalized spacial score (nSPS) is 33.6. The summed E-state index contributed by atoms with van der Waals surface area (Å²) in [6.45, 7) is 1.39. The maximum Gasteiger partial charge on any atom is 0.329 e. The van der Waals surface area contributed by atoms with Gasteiger partial charge in [-0.1, -0.05) is 0 Å². The van der Waals surface area contributed by atoms with Crippen molar-refractivity contribution in [3.63, 3.8) is 0 Å². The van der Waals surface area contributed by atoms with Gasteiger partial charge in [0.1, 0.15) is 6.10 Å². The second-order valence-electron chi connectivity index (χ2n) is 5.29. The monoisotopic (exact) mass is 344 g/mol. The van der Waals surface area contributed by atoms with E-state index in [9.17, 15) is 34.5 Å². The van der Waals surface area contributed by atoms with Crippen LogP contribution in [0.3, 0.4) is 0 Å². The summed E-state index contributed by atoms with van der Waals surface area (Å²) in [5.74, 6) is -1.73. The summed E-state index contributed by atoms with van der Waals surface area (Å²) in [4.78, 5) is 47.5. The Balaban J connectivity index is 2.87. The minimum Gasteiger partial charge on any atom is -0.395 e. The zero-order valence-corrected chi connectivity index (χ0v) is 13.2. The quantitative estimate of drug-likeness (QED) is 0.471. The molecule has 23 heavy (non-hydrogen) atoms. The van der Waals surface area contributed by atoms with Crippen LogP contribution in [0.15, 0.2) is 21.9 Å². The summed E-state index contributed by atoms with van der Waals surface area (Å²) in [6, 6.07) is 0.950. The number of aromatic amines is 1. The topological polar surface area (TPSA) is 150 Å². The predicted octanol–water partition coefficient (Wildman–Crippen LogP) is -2.43. The van der Waals surface area contributed by atoms with Gasteiger partial charge in [0.05, 0.1) is 11.9 Å². The van der Waals surface area contributed by atoms with Gasteiger partial charge in [0.15, 0.2) is 22.0 Å². The second kappa shape index (κ2) is 5.71. The Morgan fingerprint density at radius 2 is 1.96 bits per heavy atom. The van der Waals surface area contributed by atoms with Crippen LogP contribution >= 0.6 is 11.8 Å². The number of aliphatic hydroxyl groups excluding tert-OH is 2. The van der Waals surface area contributed by atoms with Gasteiger partial charge in [-0.05, 0) is 13.8 Å². The number of nitrogens with zero attached hydrogens (tertiary/aromatic N) is 1. The van der Waals surface area contributed by atoms with Crippen LogP contribution in [0, 0.1) is 0 Å². The van der Waals surface area contributed by atoms with Crippen LogP contribution in [0.2, 0.25) is 0 Å². The van der Waals surface area contributed by atoms with E-state index in [1.54, 1.807) is 0 Å². The molecule has 1 aliphatic rings. The molecular formula is C13H16N2O7S. The number of carbonyl (C=O) groups excluding carboxylic acids is 2. The van der Waals surface area contributed by atoms with E-state index < -0.39 is 51.2 Å². The van der Waals surface area contributed by atoms with Crippen molar-refractivity contribution in [2.24, 2.45) is 0 Å². The summed E-state index contributed by atoms with van der Waals surface area (Å²) in [5.41, 5.74) is -4.39. The third-order valence-corrected chi connectivity index (χ3v) is 5.82. The molecule has 0 aliphatic carbocycles. The van der Waals surface area contributed by atoms with Crippen molar-refractivity contribution in [2.75, 3.05) is 6.61 Å². The highest BCUT2D eigenvalue weighted by atomic mass is 32.2. The number of ketones is 2. The number of Topliss-reactive ketones (excluding diaryl/α,β-unsaturated/α-hetero) is 2. The molecule has 126 valence electrons. The molecule has 0 saturated carbocycles. The first kappa shape index (κ1) is 17.6. The molecule has 4 N–H and O–H groups in total. The number of thioether (sulfide) groups is 1. The zero-order valence-electron chi connectivity index (χ0n) is 12.3. The fourth-order valence-electron chi connectivity index (χ4n) is 2.85. The third kappa shape index (κ3) is 2.21. The maximum atomic E-state index is 12.4. The minimum atomic E-state index is -2.64. The van der Waals surface area contributed by atoms with E-state index in [1.165, 1.54) is 0 Å². The van der Waals surface area contributed by atoms with Gasteiger partial charge in [0.2, 0.25) is 0 Å². The van der Waals surface area contributed by atoms with E-state index in [0.29, 0.717) is 16.3 Å². The smallest absolute Gasteiger partial charge is 0.329 e. The minimum absolute atomic E-state index is 0.603. The Bertz CT molecular complexity index is 772. The molecule has 1 aromatic rings. The van der Waals surface area contributed by atoms with Gasteiger partial charge < -0.3 is 15.3 Å². The molecule has 10 heteroatoms. The van der Waals surface area contributed by atoms with Crippen LogP contribution in [0.5, 0.6) is 0 Å². The highest BCUT2D eigenvalue weighted by Crippen LogP contribution is 2.54. The second-order valence-corrected chi connectivity index (χ2v) is 6.72. The zero-order chi connectivity index (χ0) is 17.6. The third-order valence-electron chi connectivity index (χ3n) is 3.98. The van der Waals surface area contributed by atoms with E-state index in [-0.39, 0.29) is 0 Å². The van der Waals surface area contributed by atoms with Crippen LogP contribution < -0.4 is 11.2 Å². The van der Waals surface area contributed by atoms with E-state index >= 15 is 0 Å². The van der Waals surface area contributed by atoms with Crippen molar-refractivity contribution in [3.05, 3.63) is 33.1 Å². The summed E-state index contributed by atoms with van der Waals surface area (Å²) in [6.07, 6.45) is -0.812. The van der Waals surface area contributed by atoms with Gasteiger partial charge in [0, 0.05) is 12.3 Å². The molecule has 2 heterocycles. The molecule has 9 nitrogen and oxygen atoms in total. The Morgan fingerprint density at radius 1 is 1.35 bits per heavy atom. The molecule has 0 unspecified atom stereocenters. The number of H-pyrrole nitrogens is 1. The molecule has 0 radical (unpaired) electrons. The summed E-state index contributed by atoms with van der Waals surface area (Å²) < 4.78 is 0.710. The number of carbonyl (C=O) groups is 2. The lowest BCUT2D eigenvalue weighted by atomic mass is 9.81. The fourth-order valence-corrected chi connectivity index (χ4v) is 4.56. The van der Waals surface area contributed by atoms with Gasteiger partial charge in [-0.3, -0.25) is 23.9 Å². The maximum absolute atomic E-state index is 12.4. The number of aliphatic hydroxyl groups is 3. The van der Waals surface area contributed by atoms with Crippen molar-refractivity contribution in [3.8, 4) is 0 Å². The van der Waals surface area contributed by atoms with E-state index in [2.05, 4.69) is 0 Å². The highest BCUT2D eigenvalue weighted by Gasteiger charge is 2.70. The van der Waals surface area contributed by atoms with E-state index in [1.807, 2.05) is 4.98 Å². The average Bonchev–Trinajstić information content (AvgIpc) is 2.70. The lowest BCUT2D eigenvalue weighted by Gasteiger charge is -2.39. The van der Waals surface area contributed by atoms with Gasteiger partial charge >= 0.3 is 5.69 Å². The SMILES string of the molecule is CC(=O)[C@@]1(O)[C@H](O)[C@H](CO)S[C@]1(C(C)=O)n1ccc(=O)[nH]c1=O. The number of rotatable bonds is 4. The van der Waals surface area contributed by atoms with Crippen molar-refractivity contribution in [1.82, 2.24) is 9.55 Å². The van der Waals surface area contributed by atoms with Crippen LogP contribution in [0.4, 0.5) is 0 Å². The molecule has 0 aromatic carbocycles. The van der Waals surface area contributed by atoms with Gasteiger partial charge in [-0.15, -0.1) is 11.8 Å². The Labute approximate surface area is 134 Å². The first-order chi connectivity index (χ1) is 10.6. The summed E-state index contributed by atoms with van der Waals surface area (Å²) in [7, 11) is 0. The van der Waals surface area contributed by atoms with E-state index in [4.69, 9.17) is 0 Å². The van der Waals surface area contributed by atoms with Crippen molar-refractivity contribution in [1.29, 1.82) is 0 Å². The van der Waals surface area contributed by atoms with Crippen molar-refractivity contribution in [2.45, 2.75) is 35.7 Å². The molecular weight excluding hydrogens is 328 g/mol. The molecule has 0 amide bonds. The Hall–Kier alpha value is -1.75. The largest absolute Gasteiger partial charge is 0.395 e. The average molecular weight is 344 g/mol. The van der Waals surface area contributed by atoms with Gasteiger partial charge in [-0.25, -0.2) is 4.79 Å². The van der Waals surface area contributed by atoms with Crippen molar-refractivity contribution < 1.29 is 24.9 Å². The van der Waals surface area contributed by atoms with Crippen LogP contribution in [-0.4, -0.2) is 60.0 Å². The number of nitrogens with one attached hydrogen (secondary N) is 1. The molecule has 1 aliphatic heterocycles.